The third kappa shape index (κ3) is 3.77. The van der Waals surface area contributed by atoms with Crippen LogP contribution in [0.4, 0.5) is 10.2 Å². The zero-order valence-corrected chi connectivity index (χ0v) is 17.5. The number of hydrogen-bond donors (Lipinski definition) is 1. The molecule has 1 aromatic carbocycles. The maximum absolute atomic E-state index is 15.5. The van der Waals surface area contributed by atoms with Crippen LogP contribution >= 0.6 is 0 Å². The fraction of sp³-hybridized carbons (Fsp3) is 0.391. The van der Waals surface area contributed by atoms with Crippen molar-refractivity contribution in [2.75, 3.05) is 25.5 Å². The van der Waals surface area contributed by atoms with Gasteiger partial charge in [0.25, 0.3) is 0 Å². The Morgan fingerprint density at radius 1 is 1.10 bits per heavy atom. The van der Waals surface area contributed by atoms with Crippen LogP contribution in [-0.2, 0) is 7.05 Å². The highest BCUT2D eigenvalue weighted by Gasteiger charge is 2.37. The third-order valence-electron chi connectivity index (χ3n) is 6.05. The Morgan fingerprint density at radius 3 is 2.52 bits per heavy atom. The Balaban J connectivity index is 1.63. The molecule has 1 aliphatic rings. The van der Waals surface area contributed by atoms with Crippen LogP contribution in [-0.4, -0.2) is 45.2 Å². The number of rotatable bonds is 4. The molecule has 152 valence electrons. The van der Waals surface area contributed by atoms with Crippen molar-refractivity contribution >= 4 is 16.6 Å². The number of allylic oxidation sites excluding steroid dienone is 2. The number of piperidine rings is 1. The Bertz CT molecular complexity index is 1060. The zero-order chi connectivity index (χ0) is 20.6. The van der Waals surface area contributed by atoms with Gasteiger partial charge in [0.1, 0.15) is 11.6 Å². The molecule has 0 saturated carbocycles. The molecule has 6 heteroatoms. The minimum atomic E-state index is -1.33. The summed E-state index contributed by atoms with van der Waals surface area (Å²) in [6, 6.07) is 8.27. The van der Waals surface area contributed by atoms with Gasteiger partial charge in [0.05, 0.1) is 11.9 Å². The molecule has 1 N–H and O–H groups in total. The number of imidazole rings is 1. The topological polar surface area (TPSA) is 46.0 Å². The molecule has 0 amide bonds. The molecule has 2 aromatic heterocycles. The molecule has 1 aliphatic heterocycles. The largest absolute Gasteiger partial charge is 0.341 e. The molecule has 1 fully saturated rings. The van der Waals surface area contributed by atoms with E-state index in [1.54, 1.807) is 0 Å². The second kappa shape index (κ2) is 7.59. The number of aromatic nitrogens is 3. The lowest BCUT2D eigenvalue weighted by Crippen LogP contribution is -2.42. The molecule has 1 saturated heterocycles. The zero-order valence-electron chi connectivity index (χ0n) is 17.5. The van der Waals surface area contributed by atoms with E-state index < -0.39 is 5.67 Å². The SMILES string of the molecule is C/C=C(/Nc1cc2cc(-c3cnc(C)n3C)ccc2cn1)C1(F)CCN(C)CC1. The van der Waals surface area contributed by atoms with Gasteiger partial charge >= 0.3 is 0 Å². The number of anilines is 1. The minimum Gasteiger partial charge on any atom is -0.341 e. The van der Waals surface area contributed by atoms with Crippen LogP contribution < -0.4 is 5.32 Å². The second-order valence-corrected chi connectivity index (χ2v) is 7.98. The predicted octanol–water partition coefficient (Wildman–Crippen LogP) is 4.69. The lowest BCUT2D eigenvalue weighted by atomic mass is 9.89. The van der Waals surface area contributed by atoms with E-state index in [1.165, 1.54) is 0 Å². The van der Waals surface area contributed by atoms with E-state index in [9.17, 15) is 0 Å². The molecule has 0 radical (unpaired) electrons. The van der Waals surface area contributed by atoms with Gasteiger partial charge in [0.15, 0.2) is 5.67 Å². The minimum absolute atomic E-state index is 0.494. The first kappa shape index (κ1) is 19.6. The highest BCUT2D eigenvalue weighted by Crippen LogP contribution is 2.34. The van der Waals surface area contributed by atoms with Gasteiger partial charge in [-0.15, -0.1) is 0 Å². The van der Waals surface area contributed by atoms with E-state index in [0.29, 0.717) is 24.4 Å². The van der Waals surface area contributed by atoms with Crippen molar-refractivity contribution in [3.8, 4) is 11.3 Å². The van der Waals surface area contributed by atoms with Gasteiger partial charge in [0.2, 0.25) is 0 Å². The van der Waals surface area contributed by atoms with Crippen LogP contribution in [0.25, 0.3) is 22.0 Å². The van der Waals surface area contributed by atoms with Gasteiger partial charge in [0, 0.05) is 43.0 Å². The van der Waals surface area contributed by atoms with Gasteiger partial charge in [-0.2, -0.15) is 0 Å². The maximum Gasteiger partial charge on any atom is 0.152 e. The number of benzene rings is 1. The second-order valence-electron chi connectivity index (χ2n) is 7.98. The highest BCUT2D eigenvalue weighted by molar-refractivity contribution is 5.88. The molecule has 4 rings (SSSR count). The predicted molar refractivity (Wildman–Crippen MR) is 117 cm³/mol. The Kier molecular flexibility index (Phi) is 5.13. The third-order valence-corrected chi connectivity index (χ3v) is 6.05. The van der Waals surface area contributed by atoms with Gasteiger partial charge in [-0.05, 0) is 51.3 Å². The average Bonchev–Trinajstić information content (AvgIpc) is 3.06. The first-order valence-corrected chi connectivity index (χ1v) is 10.1. The number of fused-ring (bicyclic) bond motifs is 1. The lowest BCUT2D eigenvalue weighted by Gasteiger charge is -2.36. The number of halogens is 1. The van der Waals surface area contributed by atoms with Gasteiger partial charge in [-0.1, -0.05) is 18.2 Å². The summed E-state index contributed by atoms with van der Waals surface area (Å²) in [4.78, 5) is 11.1. The number of nitrogens with zero attached hydrogens (tertiary/aromatic N) is 4. The Labute approximate surface area is 171 Å². The quantitative estimate of drug-likeness (QED) is 0.698. The van der Waals surface area contributed by atoms with Crippen molar-refractivity contribution in [2.45, 2.75) is 32.4 Å². The molecule has 0 aliphatic carbocycles. The van der Waals surface area contributed by atoms with Gasteiger partial charge < -0.3 is 14.8 Å². The van der Waals surface area contributed by atoms with Gasteiger partial charge in [-0.3, -0.25) is 0 Å². The van der Waals surface area contributed by atoms with Crippen molar-refractivity contribution in [2.24, 2.45) is 7.05 Å². The summed E-state index contributed by atoms with van der Waals surface area (Å²) in [6.07, 6.45) is 6.55. The van der Waals surface area contributed by atoms with Crippen LogP contribution in [0.2, 0.25) is 0 Å². The van der Waals surface area contributed by atoms with E-state index in [-0.39, 0.29) is 0 Å². The molecule has 0 unspecified atom stereocenters. The van der Waals surface area contributed by atoms with E-state index in [4.69, 9.17) is 0 Å². The van der Waals surface area contributed by atoms with Crippen LogP contribution in [0.5, 0.6) is 0 Å². The highest BCUT2D eigenvalue weighted by atomic mass is 19.1. The van der Waals surface area contributed by atoms with Crippen molar-refractivity contribution < 1.29 is 4.39 Å². The smallest absolute Gasteiger partial charge is 0.152 e. The molecule has 0 atom stereocenters. The van der Waals surface area contributed by atoms with E-state index in [0.717, 1.165) is 40.9 Å². The molecule has 29 heavy (non-hydrogen) atoms. The molecule has 3 heterocycles. The van der Waals surface area contributed by atoms with E-state index >= 15 is 4.39 Å². The first-order chi connectivity index (χ1) is 13.9. The van der Waals surface area contributed by atoms with E-state index in [1.807, 2.05) is 52.5 Å². The number of nitrogens with one attached hydrogen (secondary N) is 1. The first-order valence-electron chi connectivity index (χ1n) is 10.1. The number of likely N-dealkylation sites (tertiary alicyclic amines) is 1. The number of hydrogen-bond acceptors (Lipinski definition) is 4. The summed E-state index contributed by atoms with van der Waals surface area (Å²) in [7, 11) is 4.05. The van der Waals surface area contributed by atoms with Crippen molar-refractivity contribution in [3.05, 3.63) is 54.3 Å². The fourth-order valence-electron chi connectivity index (χ4n) is 3.96. The summed E-state index contributed by atoms with van der Waals surface area (Å²) in [6.45, 7) is 5.39. The number of aryl methyl sites for hydroxylation is 1. The molecule has 5 nitrogen and oxygen atoms in total. The summed E-state index contributed by atoms with van der Waals surface area (Å²) in [5.74, 6) is 1.64. The molecular formula is C23H28FN5. The average molecular weight is 394 g/mol. The molecular weight excluding hydrogens is 365 g/mol. The lowest BCUT2D eigenvalue weighted by molar-refractivity contribution is 0.103. The number of pyridine rings is 1. The molecule has 3 aromatic rings. The van der Waals surface area contributed by atoms with Crippen molar-refractivity contribution in [1.29, 1.82) is 0 Å². The Morgan fingerprint density at radius 2 is 1.86 bits per heavy atom. The summed E-state index contributed by atoms with van der Waals surface area (Å²) in [5.41, 5.74) is 1.45. The number of alkyl halides is 1. The summed E-state index contributed by atoms with van der Waals surface area (Å²) < 4.78 is 17.6. The molecule has 0 spiro atoms. The summed E-state index contributed by atoms with van der Waals surface area (Å²) >= 11 is 0. The van der Waals surface area contributed by atoms with Gasteiger partial charge in [-0.25, -0.2) is 14.4 Å². The normalized spacial score (nSPS) is 17.6. The van der Waals surface area contributed by atoms with Crippen LogP contribution in [0.1, 0.15) is 25.6 Å². The van der Waals surface area contributed by atoms with Crippen molar-refractivity contribution in [1.82, 2.24) is 19.4 Å². The monoisotopic (exact) mass is 393 g/mol. The van der Waals surface area contributed by atoms with Crippen LogP contribution in [0.3, 0.4) is 0 Å². The maximum atomic E-state index is 15.5. The standard InChI is InChI=1S/C23H28FN5/c1-5-21(23(24)8-10-28(3)11-9-23)27-22-13-19-12-17(6-7-18(19)14-26-22)20-15-25-16(2)29(20)4/h5-7,12-15H,8-11H2,1-4H3,(H,26,27)/b21-5+. The van der Waals surface area contributed by atoms with Crippen LogP contribution in [0, 0.1) is 6.92 Å². The molecule has 0 bridgehead atoms. The summed E-state index contributed by atoms with van der Waals surface area (Å²) in [5, 5.41) is 5.37. The van der Waals surface area contributed by atoms with E-state index in [2.05, 4.69) is 43.0 Å². The van der Waals surface area contributed by atoms with Crippen LogP contribution in [0.15, 0.2) is 48.4 Å². The Hall–Kier alpha value is -2.73. The fourth-order valence-corrected chi connectivity index (χ4v) is 3.96. The van der Waals surface area contributed by atoms with Crippen molar-refractivity contribution in [3.63, 3.8) is 0 Å².